The molecule has 1 aliphatic heterocycles. The third-order valence-electron chi connectivity index (χ3n) is 5.64. The number of guanidine groups is 1. The van der Waals surface area contributed by atoms with Crippen molar-refractivity contribution in [2.45, 2.75) is 25.9 Å². The number of anilines is 1. The number of ether oxygens (including phenoxy) is 2. The van der Waals surface area contributed by atoms with Crippen LogP contribution < -0.4 is 20.3 Å². The molecule has 0 aromatic heterocycles. The zero-order chi connectivity index (χ0) is 21.5. The number of para-hydroxylation sites is 1. The second kappa shape index (κ2) is 10.5. The third-order valence-corrected chi connectivity index (χ3v) is 5.64. The lowest BCUT2D eigenvalue weighted by atomic mass is 10.1. The molecule has 0 atom stereocenters. The van der Waals surface area contributed by atoms with Gasteiger partial charge in [-0.05, 0) is 42.5 Å². The van der Waals surface area contributed by atoms with Crippen molar-refractivity contribution in [3.05, 3.63) is 59.4 Å². The summed E-state index contributed by atoms with van der Waals surface area (Å²) >= 11 is 0. The summed E-state index contributed by atoms with van der Waals surface area (Å²) in [5.74, 6) is 2.09. The van der Waals surface area contributed by atoms with Crippen LogP contribution in [0, 0.1) is 11.7 Å². The van der Waals surface area contributed by atoms with Gasteiger partial charge in [-0.3, -0.25) is 4.99 Å². The molecule has 4 rings (SSSR count). The topological polar surface area (TPSA) is 58.1 Å². The van der Waals surface area contributed by atoms with E-state index in [9.17, 15) is 4.39 Å². The van der Waals surface area contributed by atoms with Crippen molar-refractivity contribution in [2.24, 2.45) is 10.9 Å². The van der Waals surface area contributed by atoms with E-state index in [1.807, 2.05) is 35.2 Å². The van der Waals surface area contributed by atoms with E-state index in [4.69, 9.17) is 9.47 Å². The van der Waals surface area contributed by atoms with E-state index in [-0.39, 0.29) is 5.82 Å². The fourth-order valence-corrected chi connectivity index (χ4v) is 3.59. The maximum Gasteiger partial charge on any atom is 0.191 e. The number of benzene rings is 2. The van der Waals surface area contributed by atoms with Gasteiger partial charge in [-0.25, -0.2) is 4.39 Å². The van der Waals surface area contributed by atoms with Gasteiger partial charge in [0.1, 0.15) is 11.6 Å². The number of nitrogens with one attached hydrogen (secondary N) is 2. The molecule has 166 valence electrons. The Kier molecular flexibility index (Phi) is 7.25. The van der Waals surface area contributed by atoms with Crippen LogP contribution in [0.1, 0.15) is 24.0 Å². The summed E-state index contributed by atoms with van der Waals surface area (Å²) in [6.45, 7) is 4.59. The van der Waals surface area contributed by atoms with Crippen molar-refractivity contribution in [3.63, 3.8) is 0 Å². The highest BCUT2D eigenvalue weighted by Crippen LogP contribution is 2.30. The Morgan fingerprint density at radius 3 is 2.65 bits per heavy atom. The largest absolute Gasteiger partial charge is 0.493 e. The molecule has 1 saturated heterocycles. The highest BCUT2D eigenvalue weighted by atomic mass is 19.1. The minimum Gasteiger partial charge on any atom is -0.493 e. The summed E-state index contributed by atoms with van der Waals surface area (Å²) in [6.07, 6.45) is 2.54. The summed E-state index contributed by atoms with van der Waals surface area (Å²) in [4.78, 5) is 6.31. The molecule has 2 fully saturated rings. The van der Waals surface area contributed by atoms with Crippen molar-refractivity contribution >= 4 is 11.6 Å². The van der Waals surface area contributed by atoms with Crippen molar-refractivity contribution in [1.82, 2.24) is 10.6 Å². The Hall–Kier alpha value is -2.80. The third kappa shape index (κ3) is 6.10. The Morgan fingerprint density at radius 1 is 1.13 bits per heavy atom. The minimum atomic E-state index is -0.203. The smallest absolute Gasteiger partial charge is 0.191 e. The lowest BCUT2D eigenvalue weighted by Gasteiger charge is -2.29. The molecular weight excluding hydrogens is 395 g/mol. The van der Waals surface area contributed by atoms with Crippen LogP contribution in [0.3, 0.4) is 0 Å². The van der Waals surface area contributed by atoms with Crippen molar-refractivity contribution in [2.75, 3.05) is 44.9 Å². The predicted octanol–water partition coefficient (Wildman–Crippen LogP) is 3.32. The average molecular weight is 427 g/mol. The van der Waals surface area contributed by atoms with Gasteiger partial charge < -0.3 is 25.0 Å². The zero-order valence-corrected chi connectivity index (χ0v) is 18.1. The number of hydrogen-bond acceptors (Lipinski definition) is 4. The van der Waals surface area contributed by atoms with Gasteiger partial charge in [-0.2, -0.15) is 0 Å². The molecule has 1 aliphatic carbocycles. The predicted molar refractivity (Wildman–Crippen MR) is 121 cm³/mol. The van der Waals surface area contributed by atoms with Crippen molar-refractivity contribution in [3.8, 4) is 5.75 Å². The van der Waals surface area contributed by atoms with Gasteiger partial charge in [0.2, 0.25) is 0 Å². The molecule has 2 N–H and O–H groups in total. The molecule has 0 spiro atoms. The maximum absolute atomic E-state index is 14.6. The second-order valence-corrected chi connectivity index (χ2v) is 8.03. The van der Waals surface area contributed by atoms with Crippen LogP contribution in [0.15, 0.2) is 47.5 Å². The summed E-state index contributed by atoms with van der Waals surface area (Å²) in [6, 6.07) is 13.5. The molecular formula is C24H31FN4O2. The number of morpholine rings is 1. The fraction of sp³-hybridized carbons (Fsp3) is 0.458. The van der Waals surface area contributed by atoms with Crippen LogP contribution in [0.25, 0.3) is 0 Å². The quantitative estimate of drug-likeness (QED) is 0.501. The van der Waals surface area contributed by atoms with Crippen LogP contribution in [0.5, 0.6) is 5.75 Å². The first-order chi connectivity index (χ1) is 15.2. The first-order valence-corrected chi connectivity index (χ1v) is 11.0. The lowest BCUT2D eigenvalue weighted by molar-refractivity contribution is 0.122. The van der Waals surface area contributed by atoms with E-state index < -0.39 is 0 Å². The molecule has 0 bridgehead atoms. The molecule has 7 heteroatoms. The Morgan fingerprint density at radius 2 is 1.90 bits per heavy atom. The number of rotatable bonds is 8. The monoisotopic (exact) mass is 426 g/mol. The fourth-order valence-electron chi connectivity index (χ4n) is 3.59. The Labute approximate surface area is 183 Å². The molecule has 0 radical (unpaired) electrons. The van der Waals surface area contributed by atoms with Gasteiger partial charge in [-0.15, -0.1) is 0 Å². The summed E-state index contributed by atoms with van der Waals surface area (Å²) in [7, 11) is 1.73. The van der Waals surface area contributed by atoms with Gasteiger partial charge in [-0.1, -0.05) is 24.3 Å². The molecule has 2 aromatic rings. The summed E-state index contributed by atoms with van der Waals surface area (Å²) in [5, 5.41) is 6.58. The molecule has 2 aromatic carbocycles. The van der Waals surface area contributed by atoms with Crippen molar-refractivity contribution in [1.29, 1.82) is 0 Å². The zero-order valence-electron chi connectivity index (χ0n) is 18.1. The van der Waals surface area contributed by atoms with E-state index >= 15 is 0 Å². The van der Waals surface area contributed by atoms with Crippen LogP contribution >= 0.6 is 0 Å². The van der Waals surface area contributed by atoms with Gasteiger partial charge >= 0.3 is 0 Å². The average Bonchev–Trinajstić information content (AvgIpc) is 3.64. The SMILES string of the molecule is CN=C(NCc1ccc(N2CCOCC2)c(F)c1)NCc1ccccc1OCC1CC1. The van der Waals surface area contributed by atoms with Gasteiger partial charge in [0.05, 0.1) is 25.5 Å². The lowest BCUT2D eigenvalue weighted by Crippen LogP contribution is -2.37. The molecule has 1 heterocycles. The molecule has 0 unspecified atom stereocenters. The summed E-state index contributed by atoms with van der Waals surface area (Å²) < 4.78 is 25.9. The number of nitrogens with zero attached hydrogens (tertiary/aromatic N) is 2. The first-order valence-electron chi connectivity index (χ1n) is 11.0. The molecule has 2 aliphatic rings. The highest BCUT2D eigenvalue weighted by molar-refractivity contribution is 5.79. The molecule has 6 nitrogen and oxygen atoms in total. The standard InChI is InChI=1S/C24H31FN4O2/c1-26-24(28-16-20-4-2-3-5-23(20)31-17-18-6-7-18)27-15-19-8-9-22(21(25)14-19)29-10-12-30-13-11-29/h2-5,8-9,14,18H,6-7,10-13,15-17H2,1H3,(H2,26,27,28). The van der Waals surface area contributed by atoms with Crippen LogP contribution in [-0.2, 0) is 17.8 Å². The number of aliphatic imine (C=N–C) groups is 1. The minimum absolute atomic E-state index is 0.203. The van der Waals surface area contributed by atoms with Gasteiger partial charge in [0.15, 0.2) is 5.96 Å². The normalized spacial score (nSPS) is 16.8. The van der Waals surface area contributed by atoms with Gasteiger partial charge in [0.25, 0.3) is 0 Å². The van der Waals surface area contributed by atoms with E-state index in [1.165, 1.54) is 12.8 Å². The highest BCUT2D eigenvalue weighted by Gasteiger charge is 2.22. The van der Waals surface area contributed by atoms with Crippen LogP contribution in [0.2, 0.25) is 0 Å². The summed E-state index contributed by atoms with van der Waals surface area (Å²) in [5.41, 5.74) is 2.59. The first kappa shape index (κ1) is 21.4. The van der Waals surface area contributed by atoms with Crippen LogP contribution in [-0.4, -0.2) is 45.9 Å². The number of hydrogen-bond donors (Lipinski definition) is 2. The van der Waals surface area contributed by atoms with E-state index in [0.717, 1.165) is 36.6 Å². The Balaban J connectivity index is 1.29. The van der Waals surface area contributed by atoms with Crippen LogP contribution in [0.4, 0.5) is 10.1 Å². The molecule has 0 amide bonds. The van der Waals surface area contributed by atoms with Crippen molar-refractivity contribution < 1.29 is 13.9 Å². The second-order valence-electron chi connectivity index (χ2n) is 8.03. The molecule has 1 saturated carbocycles. The maximum atomic E-state index is 14.6. The number of halogens is 1. The van der Waals surface area contributed by atoms with E-state index in [2.05, 4.69) is 21.7 Å². The van der Waals surface area contributed by atoms with Gasteiger partial charge in [0, 0.05) is 38.8 Å². The van der Waals surface area contributed by atoms with E-state index in [1.54, 1.807) is 13.1 Å². The molecule has 31 heavy (non-hydrogen) atoms. The Bertz CT molecular complexity index is 895. The van der Waals surface area contributed by atoms with E-state index in [0.29, 0.717) is 43.9 Å².